The van der Waals surface area contributed by atoms with Gasteiger partial charge in [-0.25, -0.2) is 4.79 Å². The summed E-state index contributed by atoms with van der Waals surface area (Å²) < 4.78 is 4.73. The lowest BCUT2D eigenvalue weighted by Gasteiger charge is -2.10. The maximum atomic E-state index is 11.3. The summed E-state index contributed by atoms with van der Waals surface area (Å²) in [5.74, 6) is -2.09. The van der Waals surface area contributed by atoms with E-state index < -0.39 is 28.7 Å². The van der Waals surface area contributed by atoms with E-state index in [-0.39, 0.29) is 30.6 Å². The lowest BCUT2D eigenvalue weighted by molar-refractivity contribution is -0.386. The normalized spacial score (nSPS) is 11.7. The number of para-hydroxylation sites is 1. The predicted octanol–water partition coefficient (Wildman–Crippen LogP) is 1.21. The van der Waals surface area contributed by atoms with Gasteiger partial charge in [0.1, 0.15) is 0 Å². The summed E-state index contributed by atoms with van der Waals surface area (Å²) in [6.07, 6.45) is -2.04. The van der Waals surface area contributed by atoms with Gasteiger partial charge in [0.2, 0.25) is 0 Å². The second kappa shape index (κ2) is 7.34. The monoisotopic (exact) mass is 297 g/mol. The van der Waals surface area contributed by atoms with Gasteiger partial charge in [-0.15, -0.1) is 0 Å². The zero-order valence-electron chi connectivity index (χ0n) is 11.3. The summed E-state index contributed by atoms with van der Waals surface area (Å²) in [7, 11) is 0. The first-order chi connectivity index (χ1) is 9.88. The minimum atomic E-state index is -1.99. The summed E-state index contributed by atoms with van der Waals surface area (Å²) in [5, 5.41) is 29.4. The molecule has 1 unspecified atom stereocenters. The van der Waals surface area contributed by atoms with Crippen LogP contribution in [0.1, 0.15) is 30.6 Å². The molecule has 21 heavy (non-hydrogen) atoms. The van der Waals surface area contributed by atoms with Crippen LogP contribution in [0, 0.1) is 10.1 Å². The summed E-state index contributed by atoms with van der Waals surface area (Å²) >= 11 is 0. The van der Waals surface area contributed by atoms with Gasteiger partial charge in [-0.3, -0.25) is 14.9 Å². The highest BCUT2D eigenvalue weighted by Gasteiger charge is 2.28. The SMILES string of the molecule is CCOC(=O)CCc1cccc(C(O)C(=O)O)c1[N+](=O)[O-]. The molecule has 1 atom stereocenters. The fraction of sp³-hybridized carbons (Fsp3) is 0.385. The summed E-state index contributed by atoms with van der Waals surface area (Å²) in [4.78, 5) is 32.4. The average Bonchev–Trinajstić information content (AvgIpc) is 2.43. The number of ether oxygens (including phenoxy) is 1. The number of nitrogens with zero attached hydrogens (tertiary/aromatic N) is 1. The van der Waals surface area contributed by atoms with Crippen LogP contribution in [0.5, 0.6) is 0 Å². The molecule has 0 bridgehead atoms. The number of aryl methyl sites for hydroxylation is 1. The third kappa shape index (κ3) is 4.25. The number of hydrogen-bond donors (Lipinski definition) is 2. The fourth-order valence-electron chi connectivity index (χ4n) is 1.86. The number of aliphatic hydroxyl groups excluding tert-OH is 1. The first-order valence-electron chi connectivity index (χ1n) is 6.21. The molecule has 0 amide bonds. The molecule has 114 valence electrons. The Morgan fingerprint density at radius 1 is 1.43 bits per heavy atom. The van der Waals surface area contributed by atoms with Crippen molar-refractivity contribution in [2.75, 3.05) is 6.61 Å². The summed E-state index contributed by atoms with van der Waals surface area (Å²) in [6, 6.07) is 3.98. The fourth-order valence-corrected chi connectivity index (χ4v) is 1.86. The number of nitro benzene ring substituents is 1. The molecular weight excluding hydrogens is 282 g/mol. The number of nitro groups is 1. The molecule has 1 aromatic carbocycles. The first kappa shape index (κ1) is 16.6. The maximum absolute atomic E-state index is 11.3. The Morgan fingerprint density at radius 3 is 2.62 bits per heavy atom. The topological polar surface area (TPSA) is 127 Å². The number of carboxylic acid groups (broad SMARTS) is 1. The molecular formula is C13H15NO7. The number of benzene rings is 1. The molecule has 8 nitrogen and oxygen atoms in total. The first-order valence-corrected chi connectivity index (χ1v) is 6.21. The van der Waals surface area contributed by atoms with Gasteiger partial charge >= 0.3 is 11.9 Å². The predicted molar refractivity (Wildman–Crippen MR) is 70.6 cm³/mol. The van der Waals surface area contributed by atoms with E-state index in [0.29, 0.717) is 0 Å². The second-order valence-corrected chi connectivity index (χ2v) is 4.16. The van der Waals surface area contributed by atoms with Gasteiger partial charge in [-0.1, -0.05) is 12.1 Å². The number of carbonyl (C=O) groups excluding carboxylic acids is 1. The molecule has 0 radical (unpaired) electrons. The molecule has 2 N–H and O–H groups in total. The van der Waals surface area contributed by atoms with E-state index in [1.54, 1.807) is 6.92 Å². The molecule has 0 saturated carbocycles. The maximum Gasteiger partial charge on any atom is 0.337 e. The Labute approximate surface area is 120 Å². The van der Waals surface area contributed by atoms with Crippen molar-refractivity contribution in [1.82, 2.24) is 0 Å². The smallest absolute Gasteiger partial charge is 0.337 e. The van der Waals surface area contributed by atoms with E-state index in [1.807, 2.05) is 0 Å². The second-order valence-electron chi connectivity index (χ2n) is 4.16. The summed E-state index contributed by atoms with van der Waals surface area (Å²) in [6.45, 7) is 1.85. The molecule has 0 aliphatic heterocycles. The molecule has 0 aliphatic rings. The van der Waals surface area contributed by atoms with Crippen LogP contribution in [-0.4, -0.2) is 33.7 Å². The number of rotatable bonds is 7. The van der Waals surface area contributed by atoms with Crippen molar-refractivity contribution >= 4 is 17.6 Å². The Kier molecular flexibility index (Phi) is 5.79. The Morgan fingerprint density at radius 2 is 2.10 bits per heavy atom. The summed E-state index contributed by atoms with van der Waals surface area (Å²) in [5.41, 5.74) is -0.628. The van der Waals surface area contributed by atoms with Gasteiger partial charge in [0.15, 0.2) is 6.10 Å². The molecule has 1 aromatic rings. The third-order valence-corrected chi connectivity index (χ3v) is 2.77. The molecule has 0 saturated heterocycles. The Balaban J connectivity index is 3.09. The molecule has 8 heteroatoms. The van der Waals surface area contributed by atoms with E-state index in [9.17, 15) is 24.8 Å². The van der Waals surface area contributed by atoms with Crippen LogP contribution in [0.4, 0.5) is 5.69 Å². The van der Waals surface area contributed by atoms with Crippen LogP contribution in [0.2, 0.25) is 0 Å². The van der Waals surface area contributed by atoms with Crippen molar-refractivity contribution in [1.29, 1.82) is 0 Å². The van der Waals surface area contributed by atoms with E-state index in [0.717, 1.165) is 0 Å². The number of esters is 1. The van der Waals surface area contributed by atoms with Gasteiger partial charge in [-0.05, 0) is 19.4 Å². The van der Waals surface area contributed by atoms with E-state index in [1.165, 1.54) is 18.2 Å². The third-order valence-electron chi connectivity index (χ3n) is 2.77. The van der Waals surface area contributed by atoms with Crippen LogP contribution in [-0.2, 0) is 20.7 Å². The minimum absolute atomic E-state index is 0.0231. The standard InChI is InChI=1S/C13H15NO7/c1-2-21-10(15)7-6-8-4-3-5-9(11(8)14(19)20)12(16)13(17)18/h3-5,12,16H,2,6-7H2,1H3,(H,17,18). The average molecular weight is 297 g/mol. The van der Waals surface area contributed by atoms with Gasteiger partial charge in [0.25, 0.3) is 5.69 Å². The molecule has 1 rings (SSSR count). The molecule has 0 spiro atoms. The van der Waals surface area contributed by atoms with Gasteiger partial charge in [0.05, 0.1) is 17.1 Å². The molecule has 0 aliphatic carbocycles. The van der Waals surface area contributed by atoms with Crippen molar-refractivity contribution in [2.45, 2.75) is 25.9 Å². The lowest BCUT2D eigenvalue weighted by Crippen LogP contribution is -2.14. The number of aliphatic hydroxyl groups is 1. The van der Waals surface area contributed by atoms with Crippen LogP contribution < -0.4 is 0 Å². The van der Waals surface area contributed by atoms with Crippen LogP contribution in [0.3, 0.4) is 0 Å². The van der Waals surface area contributed by atoms with Crippen molar-refractivity contribution < 1.29 is 29.5 Å². The minimum Gasteiger partial charge on any atom is -0.479 e. The highest BCUT2D eigenvalue weighted by atomic mass is 16.6. The number of carboxylic acids is 1. The largest absolute Gasteiger partial charge is 0.479 e. The van der Waals surface area contributed by atoms with Gasteiger partial charge in [0, 0.05) is 12.0 Å². The zero-order valence-corrected chi connectivity index (χ0v) is 11.3. The molecule has 0 heterocycles. The van der Waals surface area contributed by atoms with E-state index in [2.05, 4.69) is 0 Å². The van der Waals surface area contributed by atoms with E-state index >= 15 is 0 Å². The number of carbonyl (C=O) groups is 2. The molecule has 0 fully saturated rings. The zero-order chi connectivity index (χ0) is 16.0. The van der Waals surface area contributed by atoms with Gasteiger partial charge < -0.3 is 14.9 Å². The van der Waals surface area contributed by atoms with Crippen molar-refractivity contribution in [3.8, 4) is 0 Å². The van der Waals surface area contributed by atoms with Crippen LogP contribution >= 0.6 is 0 Å². The van der Waals surface area contributed by atoms with Crippen molar-refractivity contribution in [3.63, 3.8) is 0 Å². The number of hydrogen-bond acceptors (Lipinski definition) is 6. The Hall–Kier alpha value is -2.48. The highest BCUT2D eigenvalue weighted by Crippen LogP contribution is 2.30. The quantitative estimate of drug-likeness (QED) is 0.440. The van der Waals surface area contributed by atoms with Crippen molar-refractivity contribution in [2.24, 2.45) is 0 Å². The molecule has 0 aromatic heterocycles. The number of aliphatic carboxylic acids is 1. The van der Waals surface area contributed by atoms with Crippen LogP contribution in [0.25, 0.3) is 0 Å². The van der Waals surface area contributed by atoms with Gasteiger partial charge in [-0.2, -0.15) is 0 Å². The van der Waals surface area contributed by atoms with E-state index in [4.69, 9.17) is 9.84 Å². The van der Waals surface area contributed by atoms with Crippen molar-refractivity contribution in [3.05, 3.63) is 39.4 Å². The van der Waals surface area contributed by atoms with Crippen LogP contribution in [0.15, 0.2) is 18.2 Å². The highest BCUT2D eigenvalue weighted by molar-refractivity contribution is 5.76. The lowest BCUT2D eigenvalue weighted by atomic mass is 9.99. The Bertz CT molecular complexity index is 555.